The Morgan fingerprint density at radius 1 is 0.682 bits per heavy atom. The number of fused-ring (bicyclic) bond motifs is 2. The van der Waals surface area contributed by atoms with Gasteiger partial charge in [0.15, 0.2) is 0 Å². The second kappa shape index (κ2) is 4.92. The third kappa shape index (κ3) is 2.04. The molecule has 0 atom stereocenters. The van der Waals surface area contributed by atoms with Crippen molar-refractivity contribution in [1.29, 1.82) is 0 Å². The van der Waals surface area contributed by atoms with Crippen LogP contribution in [0.3, 0.4) is 0 Å². The fraction of sp³-hybridized carbons (Fsp3) is 0.100. The van der Waals surface area contributed by atoms with Crippen molar-refractivity contribution in [1.82, 2.24) is 4.98 Å². The highest BCUT2D eigenvalue weighted by molar-refractivity contribution is 5.83. The molecule has 1 heterocycles. The highest BCUT2D eigenvalue weighted by atomic mass is 15.0. The summed E-state index contributed by atoms with van der Waals surface area (Å²) in [6.07, 6.45) is 0. The maximum Gasteiger partial charge on any atom is 0.237 e. The quantitative estimate of drug-likeness (QED) is 0.377. The van der Waals surface area contributed by atoms with E-state index in [0.717, 1.165) is 27.8 Å². The monoisotopic (exact) mass is 285 g/mol. The van der Waals surface area contributed by atoms with Crippen LogP contribution < -0.4 is 4.57 Å². The molecular formula is C20H17N2+. The first-order valence-electron chi connectivity index (χ1n) is 7.50. The Balaban J connectivity index is 2.22. The van der Waals surface area contributed by atoms with Crippen LogP contribution in [0.15, 0.2) is 66.7 Å². The van der Waals surface area contributed by atoms with Gasteiger partial charge in [-0.05, 0) is 37.1 Å². The summed E-state index contributed by atoms with van der Waals surface area (Å²) in [5.74, 6) is 0. The van der Waals surface area contributed by atoms with E-state index in [1.165, 1.54) is 11.1 Å². The van der Waals surface area contributed by atoms with Crippen molar-refractivity contribution in [2.45, 2.75) is 13.8 Å². The van der Waals surface area contributed by atoms with E-state index in [1.807, 2.05) is 6.07 Å². The molecule has 2 nitrogen and oxygen atoms in total. The Labute approximate surface area is 129 Å². The van der Waals surface area contributed by atoms with E-state index in [9.17, 15) is 0 Å². The van der Waals surface area contributed by atoms with Gasteiger partial charge in [-0.2, -0.15) is 0 Å². The summed E-state index contributed by atoms with van der Waals surface area (Å²) in [6.45, 7) is 4.21. The number of rotatable bonds is 1. The summed E-state index contributed by atoms with van der Waals surface area (Å²) in [5.41, 5.74) is 7.94. The molecule has 106 valence electrons. The van der Waals surface area contributed by atoms with Gasteiger partial charge < -0.3 is 0 Å². The van der Waals surface area contributed by atoms with Crippen LogP contribution in [0.2, 0.25) is 0 Å². The zero-order valence-corrected chi connectivity index (χ0v) is 12.7. The van der Waals surface area contributed by atoms with E-state index in [4.69, 9.17) is 4.98 Å². The van der Waals surface area contributed by atoms with Crippen molar-refractivity contribution in [2.24, 2.45) is 0 Å². The topological polar surface area (TPSA) is 16.8 Å². The Bertz CT molecular complexity index is 929. The summed E-state index contributed by atoms with van der Waals surface area (Å²) < 4.78 is 2.29. The van der Waals surface area contributed by atoms with Gasteiger partial charge in [0, 0.05) is 24.3 Å². The molecule has 4 aromatic rings. The van der Waals surface area contributed by atoms with E-state index in [0.29, 0.717) is 0 Å². The fourth-order valence-electron chi connectivity index (χ4n) is 2.94. The molecular weight excluding hydrogens is 268 g/mol. The minimum atomic E-state index is 1.03. The standard InChI is InChI=1S/C20H17N2/c1-14-8-10-19-17(12-14)21-18-13-15(2)9-11-20(18)22(19)16-6-4-3-5-7-16/h3-13H,1-2H3/q+1. The summed E-state index contributed by atoms with van der Waals surface area (Å²) in [6, 6.07) is 23.4. The van der Waals surface area contributed by atoms with E-state index >= 15 is 0 Å². The van der Waals surface area contributed by atoms with Gasteiger partial charge in [0.2, 0.25) is 16.7 Å². The van der Waals surface area contributed by atoms with E-state index in [2.05, 4.69) is 79.1 Å². The first-order valence-corrected chi connectivity index (χ1v) is 7.50. The van der Waals surface area contributed by atoms with Crippen molar-refractivity contribution < 1.29 is 4.57 Å². The molecule has 22 heavy (non-hydrogen) atoms. The van der Waals surface area contributed by atoms with Crippen molar-refractivity contribution in [3.63, 3.8) is 0 Å². The Morgan fingerprint density at radius 2 is 1.23 bits per heavy atom. The highest BCUT2D eigenvalue weighted by Crippen LogP contribution is 2.19. The molecule has 0 fully saturated rings. The highest BCUT2D eigenvalue weighted by Gasteiger charge is 2.18. The van der Waals surface area contributed by atoms with Crippen LogP contribution in [0.5, 0.6) is 0 Å². The van der Waals surface area contributed by atoms with Gasteiger partial charge in [-0.25, -0.2) is 4.98 Å². The molecule has 0 spiro atoms. The van der Waals surface area contributed by atoms with E-state index in [1.54, 1.807) is 0 Å². The van der Waals surface area contributed by atoms with Crippen LogP contribution in [0.4, 0.5) is 0 Å². The third-order valence-electron chi connectivity index (χ3n) is 4.00. The van der Waals surface area contributed by atoms with Gasteiger partial charge >= 0.3 is 0 Å². The largest absolute Gasteiger partial charge is 0.237 e. The lowest BCUT2D eigenvalue weighted by atomic mass is 10.1. The molecule has 0 saturated carbocycles. The van der Waals surface area contributed by atoms with Gasteiger partial charge in [0.05, 0.1) is 0 Å². The molecule has 1 aromatic heterocycles. The van der Waals surface area contributed by atoms with Gasteiger partial charge in [0.1, 0.15) is 11.0 Å². The van der Waals surface area contributed by atoms with Crippen LogP contribution in [0.25, 0.3) is 27.8 Å². The van der Waals surface area contributed by atoms with Crippen LogP contribution in [0.1, 0.15) is 11.1 Å². The predicted molar refractivity (Wildman–Crippen MR) is 90.3 cm³/mol. The second-order valence-electron chi connectivity index (χ2n) is 5.77. The van der Waals surface area contributed by atoms with Gasteiger partial charge in [0.25, 0.3) is 0 Å². The number of hydrogen-bond donors (Lipinski definition) is 0. The average molecular weight is 285 g/mol. The first-order chi connectivity index (χ1) is 10.7. The predicted octanol–water partition coefficient (Wildman–Crippen LogP) is 4.28. The maximum absolute atomic E-state index is 4.86. The second-order valence-corrected chi connectivity index (χ2v) is 5.77. The summed E-state index contributed by atoms with van der Waals surface area (Å²) >= 11 is 0. The lowest BCUT2D eigenvalue weighted by molar-refractivity contribution is -0.538. The molecule has 4 rings (SSSR count). The van der Waals surface area contributed by atoms with Crippen molar-refractivity contribution in [3.05, 3.63) is 77.9 Å². The third-order valence-corrected chi connectivity index (χ3v) is 4.00. The number of para-hydroxylation sites is 1. The number of hydrogen-bond acceptors (Lipinski definition) is 1. The average Bonchev–Trinajstić information content (AvgIpc) is 2.53. The number of nitrogens with zero attached hydrogens (tertiary/aromatic N) is 2. The van der Waals surface area contributed by atoms with Gasteiger partial charge in [-0.1, -0.05) is 30.3 Å². The van der Waals surface area contributed by atoms with Crippen LogP contribution in [-0.4, -0.2) is 4.98 Å². The summed E-state index contributed by atoms with van der Waals surface area (Å²) in [4.78, 5) is 4.86. The van der Waals surface area contributed by atoms with E-state index < -0.39 is 0 Å². The van der Waals surface area contributed by atoms with Crippen LogP contribution >= 0.6 is 0 Å². The SMILES string of the molecule is Cc1ccc2c(c1)nc1cc(C)ccc1[n+]2-c1ccccc1. The normalized spacial score (nSPS) is 11.2. The van der Waals surface area contributed by atoms with Gasteiger partial charge in [-0.3, -0.25) is 0 Å². The Hall–Kier alpha value is -2.74. The number of aryl methyl sites for hydroxylation is 2. The molecule has 0 radical (unpaired) electrons. The first kappa shape index (κ1) is 13.0. The summed E-state index contributed by atoms with van der Waals surface area (Å²) in [7, 11) is 0. The molecule has 0 N–H and O–H groups in total. The Kier molecular flexibility index (Phi) is 2.90. The zero-order chi connectivity index (χ0) is 15.1. The smallest absolute Gasteiger partial charge is 0.235 e. The summed E-state index contributed by atoms with van der Waals surface area (Å²) in [5, 5.41) is 0. The van der Waals surface area contributed by atoms with Crippen LogP contribution in [0, 0.1) is 13.8 Å². The van der Waals surface area contributed by atoms with Gasteiger partial charge in [-0.15, -0.1) is 4.57 Å². The zero-order valence-electron chi connectivity index (χ0n) is 12.7. The van der Waals surface area contributed by atoms with Crippen LogP contribution in [-0.2, 0) is 0 Å². The maximum atomic E-state index is 4.86. The van der Waals surface area contributed by atoms with E-state index in [-0.39, 0.29) is 0 Å². The molecule has 0 saturated heterocycles. The molecule has 0 amide bonds. The lowest BCUT2D eigenvalue weighted by Gasteiger charge is -2.06. The molecule has 0 aliphatic heterocycles. The Morgan fingerprint density at radius 3 is 1.77 bits per heavy atom. The minimum absolute atomic E-state index is 1.03. The lowest BCUT2D eigenvalue weighted by Crippen LogP contribution is -2.33. The molecule has 0 aliphatic carbocycles. The molecule has 0 aliphatic rings. The fourth-order valence-corrected chi connectivity index (χ4v) is 2.94. The number of benzene rings is 3. The molecule has 3 aromatic carbocycles. The van der Waals surface area contributed by atoms with Crippen molar-refractivity contribution in [3.8, 4) is 5.69 Å². The molecule has 0 bridgehead atoms. The van der Waals surface area contributed by atoms with Crippen molar-refractivity contribution in [2.75, 3.05) is 0 Å². The van der Waals surface area contributed by atoms with Crippen molar-refractivity contribution >= 4 is 22.1 Å². The minimum Gasteiger partial charge on any atom is -0.235 e. The molecule has 0 unspecified atom stereocenters. The molecule has 2 heteroatoms. The number of aromatic nitrogens is 2.